The van der Waals surface area contributed by atoms with E-state index in [1.54, 1.807) is 6.08 Å². The van der Waals surface area contributed by atoms with Crippen molar-refractivity contribution in [3.05, 3.63) is 12.7 Å². The van der Waals surface area contributed by atoms with Gasteiger partial charge in [0.15, 0.2) is 6.29 Å². The van der Waals surface area contributed by atoms with Crippen molar-refractivity contribution in [2.75, 3.05) is 19.8 Å². The second kappa shape index (κ2) is 5.46. The first-order valence-electron chi connectivity index (χ1n) is 5.39. The van der Waals surface area contributed by atoms with Crippen LogP contribution < -0.4 is 0 Å². The molecule has 2 heterocycles. The second-order valence-electron chi connectivity index (χ2n) is 3.83. The average molecular weight is 224 g/mol. The number of ether oxygens (including phenoxy) is 4. The molecule has 0 saturated carbocycles. The maximum absolute atomic E-state index is 5.64. The summed E-state index contributed by atoms with van der Waals surface area (Å²) in [5.74, 6) is 2.46. The summed E-state index contributed by atoms with van der Waals surface area (Å²) in [6.45, 7) is 4.94. The summed E-state index contributed by atoms with van der Waals surface area (Å²) in [6, 6.07) is 0. The molecular formula is C12H16O4. The number of rotatable bonds is 5. The van der Waals surface area contributed by atoms with Gasteiger partial charge in [0.2, 0.25) is 0 Å². The molecule has 16 heavy (non-hydrogen) atoms. The van der Waals surface area contributed by atoms with E-state index in [9.17, 15) is 0 Å². The summed E-state index contributed by atoms with van der Waals surface area (Å²) >= 11 is 0. The lowest BCUT2D eigenvalue weighted by atomic mass is 10.0. The van der Waals surface area contributed by atoms with Gasteiger partial charge in [-0.3, -0.25) is 0 Å². The second-order valence-corrected chi connectivity index (χ2v) is 3.83. The zero-order valence-electron chi connectivity index (χ0n) is 9.13. The van der Waals surface area contributed by atoms with Gasteiger partial charge in [0.25, 0.3) is 0 Å². The summed E-state index contributed by atoms with van der Waals surface area (Å²) in [7, 11) is 0. The SMILES string of the molecule is C#CCOC1CC(OCC=C)C2OCC1O2. The fourth-order valence-electron chi connectivity index (χ4n) is 1.99. The molecule has 2 aliphatic rings. The van der Waals surface area contributed by atoms with Crippen LogP contribution >= 0.6 is 0 Å². The van der Waals surface area contributed by atoms with Crippen molar-refractivity contribution in [2.45, 2.75) is 31.0 Å². The van der Waals surface area contributed by atoms with Crippen LogP contribution in [0, 0.1) is 12.3 Å². The minimum absolute atomic E-state index is 0.0121. The van der Waals surface area contributed by atoms with E-state index >= 15 is 0 Å². The highest BCUT2D eigenvalue weighted by Crippen LogP contribution is 2.31. The van der Waals surface area contributed by atoms with Gasteiger partial charge in [0.05, 0.1) is 19.3 Å². The summed E-state index contributed by atoms with van der Waals surface area (Å²) in [5, 5.41) is 0. The topological polar surface area (TPSA) is 36.9 Å². The quantitative estimate of drug-likeness (QED) is 0.509. The Hall–Kier alpha value is -0.860. The first-order valence-corrected chi connectivity index (χ1v) is 5.39. The Bertz CT molecular complexity index is 283. The molecule has 4 unspecified atom stereocenters. The molecule has 0 N–H and O–H groups in total. The summed E-state index contributed by atoms with van der Waals surface area (Å²) in [4.78, 5) is 0. The van der Waals surface area contributed by atoms with Crippen LogP contribution in [0.15, 0.2) is 12.7 Å². The smallest absolute Gasteiger partial charge is 0.184 e. The van der Waals surface area contributed by atoms with Crippen LogP contribution in [0.25, 0.3) is 0 Å². The summed E-state index contributed by atoms with van der Waals surface area (Å²) in [5.41, 5.74) is 0. The molecule has 2 fully saturated rings. The molecule has 2 aliphatic heterocycles. The van der Waals surface area contributed by atoms with E-state index in [1.165, 1.54) is 0 Å². The van der Waals surface area contributed by atoms with Crippen LogP contribution in [0.5, 0.6) is 0 Å². The maximum Gasteiger partial charge on any atom is 0.184 e. The molecule has 0 aromatic carbocycles. The van der Waals surface area contributed by atoms with Crippen LogP contribution in [0.1, 0.15) is 6.42 Å². The van der Waals surface area contributed by atoms with E-state index in [0.29, 0.717) is 19.8 Å². The number of terminal acetylenes is 1. The number of hydrogen-bond donors (Lipinski definition) is 0. The van der Waals surface area contributed by atoms with Gasteiger partial charge in [-0.2, -0.15) is 0 Å². The predicted octanol–water partition coefficient (Wildman–Crippen LogP) is 0.721. The van der Waals surface area contributed by atoms with Crippen molar-refractivity contribution < 1.29 is 18.9 Å². The summed E-state index contributed by atoms with van der Waals surface area (Å²) < 4.78 is 22.2. The molecule has 0 radical (unpaired) electrons. The van der Waals surface area contributed by atoms with Gasteiger partial charge >= 0.3 is 0 Å². The predicted molar refractivity (Wildman–Crippen MR) is 57.7 cm³/mol. The number of hydrogen-bond acceptors (Lipinski definition) is 4. The van der Waals surface area contributed by atoms with Gasteiger partial charge < -0.3 is 18.9 Å². The zero-order valence-corrected chi connectivity index (χ0v) is 9.13. The van der Waals surface area contributed by atoms with Gasteiger partial charge in [0, 0.05) is 6.42 Å². The minimum atomic E-state index is -0.268. The molecular weight excluding hydrogens is 208 g/mol. The van der Waals surface area contributed by atoms with Crippen LogP contribution in [0.4, 0.5) is 0 Å². The number of fused-ring (bicyclic) bond motifs is 2. The minimum Gasteiger partial charge on any atom is -0.369 e. The largest absolute Gasteiger partial charge is 0.369 e. The average Bonchev–Trinajstić information content (AvgIpc) is 2.72. The molecule has 2 bridgehead atoms. The Morgan fingerprint density at radius 1 is 1.44 bits per heavy atom. The van der Waals surface area contributed by atoms with Crippen LogP contribution in [0.2, 0.25) is 0 Å². The van der Waals surface area contributed by atoms with Crippen LogP contribution in [-0.2, 0) is 18.9 Å². The molecule has 0 amide bonds. The maximum atomic E-state index is 5.64. The first kappa shape index (κ1) is 11.6. The Morgan fingerprint density at radius 2 is 2.31 bits per heavy atom. The van der Waals surface area contributed by atoms with Crippen molar-refractivity contribution >= 4 is 0 Å². The lowest BCUT2D eigenvalue weighted by molar-refractivity contribution is -0.201. The molecule has 4 heteroatoms. The van der Waals surface area contributed by atoms with Gasteiger partial charge in [0.1, 0.15) is 18.8 Å². The van der Waals surface area contributed by atoms with Gasteiger partial charge in [-0.05, 0) is 0 Å². The highest BCUT2D eigenvalue weighted by Gasteiger charge is 2.44. The van der Waals surface area contributed by atoms with Gasteiger partial charge in [-0.1, -0.05) is 12.0 Å². The van der Waals surface area contributed by atoms with E-state index in [2.05, 4.69) is 12.5 Å². The molecule has 88 valence electrons. The van der Waals surface area contributed by atoms with E-state index in [1.807, 2.05) is 0 Å². The fourth-order valence-corrected chi connectivity index (χ4v) is 1.99. The Kier molecular flexibility index (Phi) is 3.97. The highest BCUT2D eigenvalue weighted by molar-refractivity contribution is 4.90. The molecule has 0 aromatic heterocycles. The van der Waals surface area contributed by atoms with E-state index in [-0.39, 0.29) is 24.6 Å². The molecule has 4 atom stereocenters. The molecule has 2 saturated heterocycles. The molecule has 2 rings (SSSR count). The molecule has 0 spiro atoms. The highest BCUT2D eigenvalue weighted by atomic mass is 16.8. The molecule has 4 nitrogen and oxygen atoms in total. The van der Waals surface area contributed by atoms with Crippen molar-refractivity contribution in [3.8, 4) is 12.3 Å². The molecule has 0 aromatic rings. The lowest BCUT2D eigenvalue weighted by Crippen LogP contribution is -2.44. The monoisotopic (exact) mass is 224 g/mol. The Balaban J connectivity index is 1.90. The van der Waals surface area contributed by atoms with Crippen molar-refractivity contribution in [3.63, 3.8) is 0 Å². The summed E-state index contributed by atoms with van der Waals surface area (Å²) in [6.07, 6.45) is 7.21. The van der Waals surface area contributed by atoms with Crippen molar-refractivity contribution in [2.24, 2.45) is 0 Å². The standard InChI is InChI=1S/C12H16O4/c1-3-5-13-9-7-10(14-6-4-2)12-15-8-11(9)16-12/h1,4,9-12H,2,5-8H2. The zero-order chi connectivity index (χ0) is 11.4. The Labute approximate surface area is 95.5 Å². The van der Waals surface area contributed by atoms with E-state index in [0.717, 1.165) is 6.42 Å². The van der Waals surface area contributed by atoms with E-state index in [4.69, 9.17) is 25.4 Å². The van der Waals surface area contributed by atoms with Crippen molar-refractivity contribution in [1.29, 1.82) is 0 Å². The fraction of sp³-hybridized carbons (Fsp3) is 0.667. The normalized spacial score (nSPS) is 36.9. The third-order valence-electron chi connectivity index (χ3n) is 2.73. The Morgan fingerprint density at radius 3 is 3.06 bits per heavy atom. The first-order chi connectivity index (χ1) is 7.85. The third-order valence-corrected chi connectivity index (χ3v) is 2.73. The van der Waals surface area contributed by atoms with Crippen molar-refractivity contribution in [1.82, 2.24) is 0 Å². The van der Waals surface area contributed by atoms with Crippen LogP contribution in [0.3, 0.4) is 0 Å². The van der Waals surface area contributed by atoms with Gasteiger partial charge in [-0.25, -0.2) is 0 Å². The lowest BCUT2D eigenvalue weighted by Gasteiger charge is -2.32. The van der Waals surface area contributed by atoms with E-state index < -0.39 is 0 Å². The van der Waals surface area contributed by atoms with Gasteiger partial charge in [-0.15, -0.1) is 13.0 Å². The third kappa shape index (κ3) is 2.45. The van der Waals surface area contributed by atoms with Crippen LogP contribution in [-0.4, -0.2) is 44.4 Å². The molecule has 0 aliphatic carbocycles.